The third kappa shape index (κ3) is 2.77. The van der Waals surface area contributed by atoms with Crippen molar-refractivity contribution >= 4 is 0 Å². The summed E-state index contributed by atoms with van der Waals surface area (Å²) in [7, 11) is 2.27. The Morgan fingerprint density at radius 1 is 1.05 bits per heavy atom. The summed E-state index contributed by atoms with van der Waals surface area (Å²) in [4.78, 5) is 2.54. The second kappa shape index (κ2) is 5.87. The van der Waals surface area contributed by atoms with Gasteiger partial charge >= 0.3 is 0 Å². The molecule has 0 amide bonds. The van der Waals surface area contributed by atoms with Crippen LogP contribution in [0.3, 0.4) is 0 Å². The molecule has 0 saturated heterocycles. The Morgan fingerprint density at radius 2 is 1.65 bits per heavy atom. The quantitative estimate of drug-likeness (QED) is 0.910. The number of rotatable bonds is 4. The smallest absolute Gasteiger partial charge is 0.0545 e. The average molecular weight is 273 g/mol. The molecule has 2 heteroatoms. The van der Waals surface area contributed by atoms with E-state index in [0.29, 0.717) is 6.04 Å². The van der Waals surface area contributed by atoms with Crippen LogP contribution >= 0.6 is 0 Å². The zero-order valence-electron chi connectivity index (χ0n) is 12.8. The van der Waals surface area contributed by atoms with Gasteiger partial charge in [-0.2, -0.15) is 0 Å². The highest BCUT2D eigenvalue weighted by atomic mass is 16.3. The molecule has 2 aliphatic carbocycles. The topological polar surface area (TPSA) is 23.5 Å². The number of hydrogen-bond acceptors (Lipinski definition) is 2. The van der Waals surface area contributed by atoms with Crippen LogP contribution in [0.15, 0.2) is 24.3 Å². The Morgan fingerprint density at radius 3 is 2.25 bits per heavy atom. The van der Waals surface area contributed by atoms with Crippen LogP contribution in [0, 0.1) is 11.8 Å². The first-order valence-electron chi connectivity index (χ1n) is 8.12. The summed E-state index contributed by atoms with van der Waals surface area (Å²) in [5.41, 5.74) is 2.96. The van der Waals surface area contributed by atoms with Crippen molar-refractivity contribution < 1.29 is 5.11 Å². The Labute approximate surface area is 122 Å². The van der Waals surface area contributed by atoms with E-state index in [2.05, 4.69) is 43.1 Å². The van der Waals surface area contributed by atoms with Crippen molar-refractivity contribution in [1.82, 2.24) is 4.90 Å². The molecule has 3 rings (SSSR count). The van der Waals surface area contributed by atoms with Crippen LogP contribution in [0.5, 0.6) is 0 Å². The third-order valence-corrected chi connectivity index (χ3v) is 5.51. The fourth-order valence-corrected chi connectivity index (χ4v) is 4.37. The molecule has 20 heavy (non-hydrogen) atoms. The van der Waals surface area contributed by atoms with Gasteiger partial charge in [-0.15, -0.1) is 0 Å². The normalized spacial score (nSPS) is 32.8. The van der Waals surface area contributed by atoms with Crippen LogP contribution in [0.1, 0.15) is 43.7 Å². The van der Waals surface area contributed by atoms with E-state index in [1.54, 1.807) is 0 Å². The summed E-state index contributed by atoms with van der Waals surface area (Å²) in [6.45, 7) is 3.30. The number of aliphatic hydroxyl groups excluding tert-OH is 1. The number of fused-ring (bicyclic) bond motifs is 1. The minimum absolute atomic E-state index is 0.0166. The highest BCUT2D eigenvalue weighted by Crippen LogP contribution is 2.45. The molecule has 0 bridgehead atoms. The molecule has 0 heterocycles. The zero-order chi connectivity index (χ0) is 14.1. The maximum atomic E-state index is 9.75. The molecule has 0 aromatic heterocycles. The first kappa shape index (κ1) is 14.1. The van der Waals surface area contributed by atoms with E-state index in [1.807, 2.05) is 0 Å². The Bertz CT molecular complexity index is 444. The van der Waals surface area contributed by atoms with E-state index in [9.17, 15) is 5.11 Å². The van der Waals surface area contributed by atoms with Gasteiger partial charge in [0.1, 0.15) is 0 Å². The molecule has 4 atom stereocenters. The van der Waals surface area contributed by atoms with E-state index < -0.39 is 0 Å². The van der Waals surface area contributed by atoms with Crippen LogP contribution in [0.25, 0.3) is 0 Å². The molecule has 1 aromatic carbocycles. The lowest BCUT2D eigenvalue weighted by molar-refractivity contribution is 0.158. The molecular weight excluding hydrogens is 246 g/mol. The fraction of sp³-hybridized carbons (Fsp3) is 0.667. The lowest BCUT2D eigenvalue weighted by Crippen LogP contribution is -2.30. The van der Waals surface area contributed by atoms with E-state index >= 15 is 0 Å². The molecule has 1 N–H and O–H groups in total. The molecule has 2 aliphatic rings. The van der Waals surface area contributed by atoms with Gasteiger partial charge in [0.25, 0.3) is 0 Å². The predicted octanol–water partition coefficient (Wildman–Crippen LogP) is 3.23. The molecule has 0 aliphatic heterocycles. The van der Waals surface area contributed by atoms with Crippen molar-refractivity contribution in [3.8, 4) is 0 Å². The van der Waals surface area contributed by atoms with Gasteiger partial charge < -0.3 is 5.11 Å². The first-order valence-corrected chi connectivity index (χ1v) is 8.12. The Balaban J connectivity index is 1.62. The van der Waals surface area contributed by atoms with Crippen molar-refractivity contribution in [3.63, 3.8) is 0 Å². The van der Waals surface area contributed by atoms with E-state index in [1.165, 1.54) is 24.0 Å². The molecule has 0 spiro atoms. The summed E-state index contributed by atoms with van der Waals surface area (Å²) in [6.07, 6.45) is 5.75. The Hall–Kier alpha value is -0.860. The summed E-state index contributed by atoms with van der Waals surface area (Å²) in [6, 6.07) is 9.53. The molecule has 2 unspecified atom stereocenters. The van der Waals surface area contributed by atoms with Gasteiger partial charge in [0, 0.05) is 12.6 Å². The van der Waals surface area contributed by atoms with Crippen molar-refractivity contribution in [2.24, 2.45) is 11.8 Å². The third-order valence-electron chi connectivity index (χ3n) is 5.51. The molecule has 1 aromatic rings. The number of aliphatic hydroxyl groups is 1. The van der Waals surface area contributed by atoms with Crippen molar-refractivity contribution in [2.45, 2.75) is 57.7 Å². The highest BCUT2D eigenvalue weighted by Gasteiger charge is 2.42. The minimum Gasteiger partial charge on any atom is -0.393 e. The maximum Gasteiger partial charge on any atom is 0.0545 e. The van der Waals surface area contributed by atoms with Crippen molar-refractivity contribution in [1.29, 1.82) is 0 Å². The monoisotopic (exact) mass is 273 g/mol. The van der Waals surface area contributed by atoms with Crippen LogP contribution in [-0.2, 0) is 13.0 Å². The lowest BCUT2D eigenvalue weighted by atomic mass is 10.0. The zero-order valence-corrected chi connectivity index (χ0v) is 12.8. The second-order valence-electron chi connectivity index (χ2n) is 6.81. The predicted molar refractivity (Wildman–Crippen MR) is 82.5 cm³/mol. The van der Waals surface area contributed by atoms with E-state index in [0.717, 1.165) is 37.6 Å². The second-order valence-corrected chi connectivity index (χ2v) is 6.81. The van der Waals surface area contributed by atoms with Gasteiger partial charge in [0.15, 0.2) is 0 Å². The van der Waals surface area contributed by atoms with Crippen molar-refractivity contribution in [3.05, 3.63) is 35.4 Å². The van der Waals surface area contributed by atoms with Gasteiger partial charge in [0.2, 0.25) is 0 Å². The first-order chi connectivity index (χ1) is 9.67. The van der Waals surface area contributed by atoms with Gasteiger partial charge in [-0.25, -0.2) is 0 Å². The molecule has 0 radical (unpaired) electrons. The van der Waals surface area contributed by atoms with Gasteiger partial charge in [-0.3, -0.25) is 4.90 Å². The SMILES string of the molecule is CCc1ccccc1CN(C)C1C[C@H]2CC(O)C[C@H]2C1. The van der Waals surface area contributed by atoms with Crippen molar-refractivity contribution in [2.75, 3.05) is 7.05 Å². The average Bonchev–Trinajstić information content (AvgIpc) is 2.96. The fourth-order valence-electron chi connectivity index (χ4n) is 4.37. The largest absolute Gasteiger partial charge is 0.393 e. The highest BCUT2D eigenvalue weighted by molar-refractivity contribution is 5.27. The van der Waals surface area contributed by atoms with Crippen LogP contribution < -0.4 is 0 Å². The Kier molecular flexibility index (Phi) is 4.13. The summed E-state index contributed by atoms with van der Waals surface area (Å²) in [5.74, 6) is 1.55. The van der Waals surface area contributed by atoms with Gasteiger partial charge in [-0.1, -0.05) is 31.2 Å². The maximum absolute atomic E-state index is 9.75. The molecular formula is C18H27NO. The molecule has 2 fully saturated rings. The lowest BCUT2D eigenvalue weighted by Gasteiger charge is -2.26. The number of hydrogen-bond donors (Lipinski definition) is 1. The summed E-state index contributed by atoms with van der Waals surface area (Å²) >= 11 is 0. The van der Waals surface area contributed by atoms with E-state index in [-0.39, 0.29) is 6.10 Å². The molecule has 2 nitrogen and oxygen atoms in total. The number of aryl methyl sites for hydroxylation is 1. The van der Waals surface area contributed by atoms with Gasteiger partial charge in [-0.05, 0) is 62.1 Å². The standard InChI is InChI=1S/C18H27NO/c1-3-13-6-4-5-7-14(13)12-19(2)17-8-15-10-18(20)11-16(15)9-17/h4-7,15-18,20H,3,8-12H2,1-2H3/t15-,16+,17?,18?. The minimum atomic E-state index is -0.0166. The summed E-state index contributed by atoms with van der Waals surface area (Å²) in [5, 5.41) is 9.75. The number of nitrogens with zero attached hydrogens (tertiary/aromatic N) is 1. The van der Waals surface area contributed by atoms with Gasteiger partial charge in [0.05, 0.1) is 6.10 Å². The van der Waals surface area contributed by atoms with Crippen LogP contribution in [0.4, 0.5) is 0 Å². The van der Waals surface area contributed by atoms with Crippen LogP contribution in [0.2, 0.25) is 0 Å². The molecule has 110 valence electrons. The number of benzene rings is 1. The van der Waals surface area contributed by atoms with E-state index in [4.69, 9.17) is 0 Å². The summed E-state index contributed by atoms with van der Waals surface area (Å²) < 4.78 is 0. The molecule has 2 saturated carbocycles. The van der Waals surface area contributed by atoms with Crippen LogP contribution in [-0.4, -0.2) is 29.2 Å².